The standard InChI is InChI=1S/C11H13FN6O3/c12-3-5-17-7-9(14-15-17)1-2-10(19)8-16-6-4-13-11(16)18(20)21/h4,6-7H,1-3,5,8H2/i12-1. The number of imidazole rings is 1. The molecular formula is C11H13FN6O3. The quantitative estimate of drug-likeness (QED) is 0.520. The molecule has 2 heterocycles. The molecule has 0 unspecified atom stereocenters. The first-order valence-electron chi connectivity index (χ1n) is 6.22. The summed E-state index contributed by atoms with van der Waals surface area (Å²) in [6, 6.07) is 0. The van der Waals surface area contributed by atoms with Gasteiger partial charge in [0.25, 0.3) is 0 Å². The van der Waals surface area contributed by atoms with E-state index in [4.69, 9.17) is 0 Å². The van der Waals surface area contributed by atoms with Crippen LogP contribution < -0.4 is 0 Å². The van der Waals surface area contributed by atoms with Crippen molar-refractivity contribution in [2.75, 3.05) is 6.67 Å². The van der Waals surface area contributed by atoms with Crippen molar-refractivity contribution >= 4 is 11.7 Å². The molecule has 0 spiro atoms. The molecule has 0 atom stereocenters. The number of carbonyl (C=O) groups is 1. The van der Waals surface area contributed by atoms with Gasteiger partial charge in [-0.2, -0.15) is 0 Å². The number of halogens is 1. The Hall–Kier alpha value is -2.65. The Labute approximate surface area is 118 Å². The van der Waals surface area contributed by atoms with Crippen LogP contribution in [0.15, 0.2) is 18.6 Å². The molecule has 0 saturated carbocycles. The first-order valence-corrected chi connectivity index (χ1v) is 6.22. The Morgan fingerprint density at radius 3 is 3.00 bits per heavy atom. The van der Waals surface area contributed by atoms with Gasteiger partial charge in [-0.15, -0.1) is 5.10 Å². The molecule has 10 heteroatoms. The molecule has 0 radical (unpaired) electrons. The number of aryl methyl sites for hydroxylation is 2. The lowest BCUT2D eigenvalue weighted by Gasteiger charge is -2.00. The highest BCUT2D eigenvalue weighted by Gasteiger charge is 2.17. The maximum absolute atomic E-state index is 12.1. The number of ketones is 1. The van der Waals surface area contributed by atoms with E-state index >= 15 is 0 Å². The molecular weight excluding hydrogens is 282 g/mol. The van der Waals surface area contributed by atoms with E-state index in [1.165, 1.54) is 21.6 Å². The van der Waals surface area contributed by atoms with Crippen LogP contribution in [0.4, 0.5) is 10.3 Å². The fourth-order valence-electron chi connectivity index (χ4n) is 1.78. The van der Waals surface area contributed by atoms with Crippen molar-refractivity contribution in [3.8, 4) is 0 Å². The molecule has 21 heavy (non-hydrogen) atoms. The molecule has 0 bridgehead atoms. The zero-order valence-corrected chi connectivity index (χ0v) is 11.1. The van der Waals surface area contributed by atoms with Crippen molar-refractivity contribution in [3.05, 3.63) is 34.4 Å². The van der Waals surface area contributed by atoms with Crippen LogP contribution in [0.3, 0.4) is 0 Å². The minimum absolute atomic E-state index is 0.116. The second-order valence-electron chi connectivity index (χ2n) is 4.31. The SMILES string of the molecule is O=C(CCc1cn(CC[18F])nn1)Cn1ccnc1[N+](=O)[O-]. The van der Waals surface area contributed by atoms with E-state index in [0.29, 0.717) is 12.1 Å². The van der Waals surface area contributed by atoms with E-state index in [-0.39, 0.29) is 31.2 Å². The molecule has 0 saturated heterocycles. The summed E-state index contributed by atoms with van der Waals surface area (Å²) in [5.41, 5.74) is 0.580. The summed E-state index contributed by atoms with van der Waals surface area (Å²) < 4.78 is 14.7. The summed E-state index contributed by atoms with van der Waals surface area (Å²) in [7, 11) is 0. The predicted octanol–water partition coefficient (Wildman–Crippen LogP) is 0.554. The Morgan fingerprint density at radius 1 is 1.48 bits per heavy atom. The maximum atomic E-state index is 12.1. The van der Waals surface area contributed by atoms with Crippen LogP contribution in [0.2, 0.25) is 0 Å². The second-order valence-corrected chi connectivity index (χ2v) is 4.31. The van der Waals surface area contributed by atoms with Crippen LogP contribution in [0, 0.1) is 10.1 Å². The molecule has 0 aromatic carbocycles. The number of hydrogen-bond donors (Lipinski definition) is 0. The normalized spacial score (nSPS) is 10.7. The second kappa shape index (κ2) is 6.68. The Bertz CT molecular complexity index is 637. The molecule has 0 aliphatic carbocycles. The van der Waals surface area contributed by atoms with E-state index in [9.17, 15) is 19.3 Å². The maximum Gasteiger partial charge on any atom is 0.434 e. The summed E-state index contributed by atoms with van der Waals surface area (Å²) in [6.07, 6.45) is 4.76. The van der Waals surface area contributed by atoms with Gasteiger partial charge in [0, 0.05) is 19.0 Å². The first kappa shape index (κ1) is 14.8. The van der Waals surface area contributed by atoms with Crippen LogP contribution >= 0.6 is 0 Å². The summed E-state index contributed by atoms with van der Waals surface area (Å²) >= 11 is 0. The van der Waals surface area contributed by atoms with Gasteiger partial charge in [0.2, 0.25) is 0 Å². The molecule has 0 aliphatic heterocycles. The highest BCUT2D eigenvalue weighted by molar-refractivity contribution is 5.78. The van der Waals surface area contributed by atoms with Crippen LogP contribution in [-0.4, -0.2) is 41.9 Å². The van der Waals surface area contributed by atoms with Crippen LogP contribution in [0.1, 0.15) is 12.1 Å². The van der Waals surface area contributed by atoms with Crippen LogP contribution in [0.25, 0.3) is 0 Å². The van der Waals surface area contributed by atoms with Crippen molar-refractivity contribution in [1.29, 1.82) is 0 Å². The summed E-state index contributed by atoms with van der Waals surface area (Å²) in [4.78, 5) is 25.4. The average molecular weight is 295 g/mol. The van der Waals surface area contributed by atoms with Gasteiger partial charge in [-0.1, -0.05) is 10.2 Å². The van der Waals surface area contributed by atoms with Gasteiger partial charge in [-0.05, 0) is 4.92 Å². The molecule has 112 valence electrons. The highest BCUT2D eigenvalue weighted by Crippen LogP contribution is 2.08. The number of aromatic nitrogens is 5. The molecule has 2 rings (SSSR count). The summed E-state index contributed by atoms with van der Waals surface area (Å²) in [5.74, 6) is -0.548. The average Bonchev–Trinajstić information content (AvgIpc) is 3.06. The predicted molar refractivity (Wildman–Crippen MR) is 68.2 cm³/mol. The van der Waals surface area contributed by atoms with Crippen LogP contribution in [-0.2, 0) is 24.3 Å². The lowest BCUT2D eigenvalue weighted by atomic mass is 10.2. The molecule has 9 nitrogen and oxygen atoms in total. The molecule has 2 aromatic heterocycles. The lowest BCUT2D eigenvalue weighted by molar-refractivity contribution is -0.396. The molecule has 0 fully saturated rings. The minimum Gasteiger partial charge on any atom is -0.390 e. The Kier molecular flexibility index (Phi) is 4.69. The third kappa shape index (κ3) is 3.91. The zero-order chi connectivity index (χ0) is 15.2. The van der Waals surface area contributed by atoms with Crippen molar-refractivity contribution in [1.82, 2.24) is 24.5 Å². The number of nitro groups is 1. The van der Waals surface area contributed by atoms with E-state index in [1.54, 1.807) is 6.20 Å². The van der Waals surface area contributed by atoms with Crippen molar-refractivity contribution in [2.45, 2.75) is 25.9 Å². The van der Waals surface area contributed by atoms with Gasteiger partial charge in [0.15, 0.2) is 5.78 Å². The van der Waals surface area contributed by atoms with Gasteiger partial charge in [0.1, 0.15) is 25.6 Å². The van der Waals surface area contributed by atoms with Crippen molar-refractivity contribution in [2.24, 2.45) is 0 Å². The number of alkyl halides is 1. The lowest BCUT2D eigenvalue weighted by Crippen LogP contribution is -2.12. The fraction of sp³-hybridized carbons (Fsp3) is 0.455. The van der Waals surface area contributed by atoms with Gasteiger partial charge in [-0.3, -0.25) is 4.79 Å². The third-order valence-corrected chi connectivity index (χ3v) is 2.76. The van der Waals surface area contributed by atoms with Crippen molar-refractivity contribution in [3.63, 3.8) is 0 Å². The molecule has 0 aliphatic rings. The Morgan fingerprint density at radius 2 is 2.29 bits per heavy atom. The Balaban J connectivity index is 1.86. The number of carbonyl (C=O) groups excluding carboxylic acids is 1. The van der Waals surface area contributed by atoms with E-state index in [1.807, 2.05) is 0 Å². The highest BCUT2D eigenvalue weighted by atomic mass is 18.2. The summed E-state index contributed by atoms with van der Waals surface area (Å²) in [6.45, 7) is -0.525. The topological polar surface area (TPSA) is 109 Å². The number of rotatable bonds is 8. The largest absolute Gasteiger partial charge is 0.434 e. The van der Waals surface area contributed by atoms with Gasteiger partial charge < -0.3 is 10.1 Å². The van der Waals surface area contributed by atoms with Gasteiger partial charge >= 0.3 is 5.95 Å². The fourth-order valence-corrected chi connectivity index (χ4v) is 1.78. The van der Waals surface area contributed by atoms with E-state index < -0.39 is 11.6 Å². The smallest absolute Gasteiger partial charge is 0.390 e. The minimum atomic E-state index is -0.643. The first-order chi connectivity index (χ1) is 10.1. The monoisotopic (exact) mass is 295 g/mol. The molecule has 2 aromatic rings. The van der Waals surface area contributed by atoms with E-state index in [2.05, 4.69) is 15.3 Å². The van der Waals surface area contributed by atoms with Gasteiger partial charge in [0.05, 0.1) is 12.2 Å². The summed E-state index contributed by atoms with van der Waals surface area (Å²) in [5, 5.41) is 18.2. The van der Waals surface area contributed by atoms with Crippen molar-refractivity contribution < 1.29 is 14.1 Å². The number of Topliss-reactive ketones (excluding diaryl/α,β-unsaturated/α-hetero) is 1. The molecule has 0 N–H and O–H groups in total. The van der Waals surface area contributed by atoms with Crippen LogP contribution in [0.5, 0.6) is 0 Å². The zero-order valence-electron chi connectivity index (χ0n) is 11.1. The number of hydrogen-bond acceptors (Lipinski definition) is 6. The molecule has 0 amide bonds. The third-order valence-electron chi connectivity index (χ3n) is 2.76. The number of nitrogens with zero attached hydrogens (tertiary/aromatic N) is 6. The van der Waals surface area contributed by atoms with Gasteiger partial charge in [-0.25, -0.2) is 13.6 Å². The van der Waals surface area contributed by atoms with E-state index in [0.717, 1.165) is 0 Å².